The van der Waals surface area contributed by atoms with Crippen LogP contribution in [-0.4, -0.2) is 15.0 Å². The molecule has 5 heteroatoms. The van der Waals surface area contributed by atoms with Gasteiger partial charge in [-0.25, -0.2) is 9.97 Å². The van der Waals surface area contributed by atoms with Gasteiger partial charge in [0.25, 0.3) is 0 Å². The van der Waals surface area contributed by atoms with Crippen LogP contribution in [0.5, 0.6) is 0 Å². The average molecular weight is 239 g/mol. The van der Waals surface area contributed by atoms with Crippen LogP contribution in [0.15, 0.2) is 35.3 Å². The Bertz CT molecular complexity index is 368. The van der Waals surface area contributed by atoms with E-state index in [2.05, 4.69) is 36.2 Å². The summed E-state index contributed by atoms with van der Waals surface area (Å²) in [6, 6.07) is 1.91. The number of aromatic amines is 1. The van der Waals surface area contributed by atoms with Crippen molar-refractivity contribution in [3.63, 3.8) is 0 Å². The van der Waals surface area contributed by atoms with E-state index in [1.807, 2.05) is 18.5 Å². The Kier molecular flexibility index (Phi) is 2.27. The first-order valence-electron chi connectivity index (χ1n) is 3.72. The van der Waals surface area contributed by atoms with E-state index < -0.39 is 0 Å². The summed E-state index contributed by atoms with van der Waals surface area (Å²) in [7, 11) is 0. The molecule has 0 aromatic carbocycles. The summed E-state index contributed by atoms with van der Waals surface area (Å²) >= 11 is 3.26. The van der Waals surface area contributed by atoms with E-state index in [1.165, 1.54) is 0 Å². The lowest BCUT2D eigenvalue weighted by Gasteiger charge is -1.99. The molecule has 2 N–H and O–H groups in total. The van der Waals surface area contributed by atoms with Crippen LogP contribution in [0.4, 0.5) is 11.6 Å². The largest absolute Gasteiger partial charge is 0.366 e. The van der Waals surface area contributed by atoms with Crippen LogP contribution < -0.4 is 5.32 Å². The van der Waals surface area contributed by atoms with Crippen molar-refractivity contribution in [2.45, 2.75) is 0 Å². The summed E-state index contributed by atoms with van der Waals surface area (Å²) in [5, 5.41) is 3.04. The molecule has 0 aliphatic heterocycles. The second-order valence-corrected chi connectivity index (χ2v) is 3.37. The summed E-state index contributed by atoms with van der Waals surface area (Å²) in [6.07, 6.45) is 7.07. The fraction of sp³-hybridized carbons (Fsp3) is 0. The molecule has 0 saturated heterocycles. The Morgan fingerprint density at radius 2 is 2.08 bits per heavy atom. The normalized spacial score (nSPS) is 9.92. The third-order valence-electron chi connectivity index (χ3n) is 1.47. The molecule has 2 rings (SSSR count). The van der Waals surface area contributed by atoms with Crippen LogP contribution in [-0.2, 0) is 0 Å². The fourth-order valence-corrected chi connectivity index (χ4v) is 1.11. The molecular weight excluding hydrogens is 232 g/mol. The average Bonchev–Trinajstić information content (AvgIpc) is 2.62. The number of anilines is 2. The zero-order valence-electron chi connectivity index (χ0n) is 6.66. The SMILES string of the molecule is Brc1cnc(Nc2cc[nH]c2)nc1. The lowest BCUT2D eigenvalue weighted by molar-refractivity contribution is 1.15. The van der Waals surface area contributed by atoms with E-state index in [1.54, 1.807) is 12.4 Å². The molecule has 0 aliphatic carbocycles. The van der Waals surface area contributed by atoms with Crippen LogP contribution in [0.3, 0.4) is 0 Å². The fourth-order valence-electron chi connectivity index (χ4n) is 0.908. The highest BCUT2D eigenvalue weighted by Gasteiger charge is 1.96. The van der Waals surface area contributed by atoms with Crippen LogP contribution in [0.1, 0.15) is 0 Å². The van der Waals surface area contributed by atoms with Gasteiger partial charge in [-0.05, 0) is 22.0 Å². The van der Waals surface area contributed by atoms with Gasteiger partial charge in [0.2, 0.25) is 5.95 Å². The second kappa shape index (κ2) is 3.57. The number of H-pyrrole nitrogens is 1. The van der Waals surface area contributed by atoms with Gasteiger partial charge in [-0.15, -0.1) is 0 Å². The van der Waals surface area contributed by atoms with Crippen molar-refractivity contribution < 1.29 is 0 Å². The molecule has 0 spiro atoms. The Labute approximate surface area is 83.6 Å². The van der Waals surface area contributed by atoms with Gasteiger partial charge in [-0.2, -0.15) is 0 Å². The molecule has 0 amide bonds. The summed E-state index contributed by atoms with van der Waals surface area (Å²) in [5.41, 5.74) is 0.947. The molecule has 2 heterocycles. The van der Waals surface area contributed by atoms with Crippen molar-refractivity contribution in [1.82, 2.24) is 15.0 Å². The standard InChI is InChI=1S/C8H7BrN4/c9-6-3-11-8(12-4-6)13-7-1-2-10-5-7/h1-5,10H,(H,11,12,13). The molecule has 0 unspecified atom stereocenters. The maximum atomic E-state index is 4.07. The summed E-state index contributed by atoms with van der Waals surface area (Å²) in [5.74, 6) is 0.586. The minimum Gasteiger partial charge on any atom is -0.366 e. The number of nitrogens with zero attached hydrogens (tertiary/aromatic N) is 2. The third kappa shape index (κ3) is 2.06. The molecule has 0 radical (unpaired) electrons. The zero-order valence-corrected chi connectivity index (χ0v) is 8.25. The quantitative estimate of drug-likeness (QED) is 0.845. The molecule has 4 nitrogen and oxygen atoms in total. The van der Waals surface area contributed by atoms with Gasteiger partial charge in [0.15, 0.2) is 0 Å². The molecule has 0 aliphatic rings. The Morgan fingerprint density at radius 3 is 2.69 bits per heavy atom. The monoisotopic (exact) mass is 238 g/mol. The van der Waals surface area contributed by atoms with Crippen molar-refractivity contribution >= 4 is 27.6 Å². The molecule has 2 aromatic heterocycles. The van der Waals surface area contributed by atoms with E-state index in [-0.39, 0.29) is 0 Å². The van der Waals surface area contributed by atoms with Crippen LogP contribution >= 0.6 is 15.9 Å². The van der Waals surface area contributed by atoms with E-state index in [4.69, 9.17) is 0 Å². The van der Waals surface area contributed by atoms with E-state index in [0.29, 0.717) is 5.95 Å². The highest BCUT2D eigenvalue weighted by molar-refractivity contribution is 9.10. The van der Waals surface area contributed by atoms with Crippen LogP contribution in [0, 0.1) is 0 Å². The first-order chi connectivity index (χ1) is 6.34. The molecular formula is C8H7BrN4. The second-order valence-electron chi connectivity index (χ2n) is 2.45. The first-order valence-corrected chi connectivity index (χ1v) is 4.51. The number of hydrogen-bond donors (Lipinski definition) is 2. The minimum absolute atomic E-state index is 0.586. The number of rotatable bonds is 2. The summed E-state index contributed by atoms with van der Waals surface area (Å²) < 4.78 is 0.868. The molecule has 2 aromatic rings. The van der Waals surface area contributed by atoms with Gasteiger partial charge < -0.3 is 10.3 Å². The van der Waals surface area contributed by atoms with Crippen molar-refractivity contribution in [2.24, 2.45) is 0 Å². The smallest absolute Gasteiger partial charge is 0.227 e. The van der Waals surface area contributed by atoms with Gasteiger partial charge in [0.05, 0.1) is 10.2 Å². The van der Waals surface area contributed by atoms with Gasteiger partial charge in [0, 0.05) is 24.8 Å². The van der Waals surface area contributed by atoms with Crippen molar-refractivity contribution in [2.75, 3.05) is 5.32 Å². The maximum Gasteiger partial charge on any atom is 0.227 e. The number of halogens is 1. The summed E-state index contributed by atoms with van der Waals surface area (Å²) in [6.45, 7) is 0. The Morgan fingerprint density at radius 1 is 1.31 bits per heavy atom. The first kappa shape index (κ1) is 8.25. The Hall–Kier alpha value is -1.36. The molecule has 0 atom stereocenters. The lowest BCUT2D eigenvalue weighted by Crippen LogP contribution is -1.94. The number of hydrogen-bond acceptors (Lipinski definition) is 3. The molecule has 66 valence electrons. The number of nitrogens with one attached hydrogen (secondary N) is 2. The van der Waals surface area contributed by atoms with Crippen LogP contribution in [0.25, 0.3) is 0 Å². The molecule has 0 bridgehead atoms. The van der Waals surface area contributed by atoms with Crippen molar-refractivity contribution in [3.8, 4) is 0 Å². The van der Waals surface area contributed by atoms with E-state index in [9.17, 15) is 0 Å². The Balaban J connectivity index is 2.15. The lowest BCUT2D eigenvalue weighted by atomic mass is 10.5. The van der Waals surface area contributed by atoms with Gasteiger partial charge >= 0.3 is 0 Å². The van der Waals surface area contributed by atoms with Gasteiger partial charge in [-0.3, -0.25) is 0 Å². The molecule has 0 fully saturated rings. The van der Waals surface area contributed by atoms with Crippen molar-refractivity contribution in [1.29, 1.82) is 0 Å². The zero-order chi connectivity index (χ0) is 9.10. The minimum atomic E-state index is 0.586. The van der Waals surface area contributed by atoms with E-state index in [0.717, 1.165) is 10.2 Å². The molecule has 0 saturated carbocycles. The van der Waals surface area contributed by atoms with Gasteiger partial charge in [0.1, 0.15) is 0 Å². The predicted molar refractivity (Wildman–Crippen MR) is 53.8 cm³/mol. The highest BCUT2D eigenvalue weighted by Crippen LogP contribution is 2.12. The predicted octanol–water partition coefficient (Wildman–Crippen LogP) is 2.31. The third-order valence-corrected chi connectivity index (χ3v) is 1.88. The topological polar surface area (TPSA) is 53.6 Å². The van der Waals surface area contributed by atoms with Gasteiger partial charge in [-0.1, -0.05) is 0 Å². The highest BCUT2D eigenvalue weighted by atomic mass is 79.9. The number of aromatic nitrogens is 3. The van der Waals surface area contributed by atoms with Crippen LogP contribution in [0.2, 0.25) is 0 Å². The molecule has 13 heavy (non-hydrogen) atoms. The van der Waals surface area contributed by atoms with Crippen molar-refractivity contribution in [3.05, 3.63) is 35.3 Å². The summed E-state index contributed by atoms with van der Waals surface area (Å²) in [4.78, 5) is 11.1. The maximum absolute atomic E-state index is 4.07. The van der Waals surface area contributed by atoms with E-state index >= 15 is 0 Å².